The highest BCUT2D eigenvalue weighted by Crippen LogP contribution is 2.47. The number of nitrogens with zero attached hydrogens (tertiary/aromatic N) is 2. The molecule has 0 aromatic carbocycles. The van der Waals surface area contributed by atoms with Crippen molar-refractivity contribution in [1.82, 2.24) is 9.80 Å². The number of likely N-dealkylation sites (N-methyl/N-ethyl adjacent to an activating group) is 1. The molecule has 0 spiro atoms. The van der Waals surface area contributed by atoms with Gasteiger partial charge in [0.05, 0.1) is 11.8 Å². The highest BCUT2D eigenvalue weighted by molar-refractivity contribution is 6.08. The summed E-state index contributed by atoms with van der Waals surface area (Å²) < 4.78 is 0. The van der Waals surface area contributed by atoms with Crippen LogP contribution in [0.4, 0.5) is 0 Å². The number of ketones is 1. The molecule has 5 atom stereocenters. The third-order valence-corrected chi connectivity index (χ3v) is 7.29. The topological polar surface area (TPSA) is 91.8 Å². The summed E-state index contributed by atoms with van der Waals surface area (Å²) in [6.45, 7) is 16.5. The summed E-state index contributed by atoms with van der Waals surface area (Å²) in [6.07, 6.45) is 13.6. The highest BCUT2D eigenvalue weighted by atomic mass is 16.2. The van der Waals surface area contributed by atoms with E-state index in [-0.39, 0.29) is 48.7 Å². The van der Waals surface area contributed by atoms with Gasteiger partial charge in [-0.1, -0.05) is 62.6 Å². The molecular formula is C31H38N2O5. The maximum Gasteiger partial charge on any atom is 0.238 e. The Morgan fingerprint density at radius 2 is 1.76 bits per heavy atom. The summed E-state index contributed by atoms with van der Waals surface area (Å²) in [5, 5.41) is 0. The van der Waals surface area contributed by atoms with Gasteiger partial charge in [-0.2, -0.15) is 0 Å². The summed E-state index contributed by atoms with van der Waals surface area (Å²) in [4.78, 5) is 67.2. The van der Waals surface area contributed by atoms with Gasteiger partial charge in [0.1, 0.15) is 12.1 Å². The summed E-state index contributed by atoms with van der Waals surface area (Å²) in [5.74, 6) is -3.81. The lowest BCUT2D eigenvalue weighted by Crippen LogP contribution is -2.36. The monoisotopic (exact) mass is 518 g/mol. The first kappa shape index (κ1) is 30.4. The van der Waals surface area contributed by atoms with Crippen molar-refractivity contribution in [3.8, 4) is 0 Å². The van der Waals surface area contributed by atoms with Crippen molar-refractivity contribution in [1.29, 1.82) is 0 Å². The number of likely N-dealkylation sites (tertiary alicyclic amines) is 1. The fourth-order valence-corrected chi connectivity index (χ4v) is 5.35. The smallest absolute Gasteiger partial charge is 0.238 e. The minimum Gasteiger partial charge on any atom is -0.316 e. The van der Waals surface area contributed by atoms with Gasteiger partial charge in [0, 0.05) is 43.6 Å². The van der Waals surface area contributed by atoms with Crippen LogP contribution in [0.25, 0.3) is 0 Å². The molecule has 0 aromatic rings. The van der Waals surface area contributed by atoms with Crippen LogP contribution in [0, 0.1) is 29.6 Å². The number of Topliss-reactive ketones (excluding diaryl/α,β-unsaturated/α-hetero) is 1. The van der Waals surface area contributed by atoms with Crippen LogP contribution < -0.4 is 0 Å². The van der Waals surface area contributed by atoms with Crippen molar-refractivity contribution >= 4 is 29.8 Å². The molecular weight excluding hydrogens is 480 g/mol. The van der Waals surface area contributed by atoms with Crippen molar-refractivity contribution in [2.24, 2.45) is 29.6 Å². The van der Waals surface area contributed by atoms with Crippen molar-refractivity contribution < 1.29 is 24.0 Å². The van der Waals surface area contributed by atoms with Gasteiger partial charge in [0.15, 0.2) is 0 Å². The molecule has 0 radical (unpaired) electrons. The van der Waals surface area contributed by atoms with Crippen LogP contribution >= 0.6 is 0 Å². The molecule has 7 nitrogen and oxygen atoms in total. The minimum absolute atomic E-state index is 0.0133. The highest BCUT2D eigenvalue weighted by Gasteiger charge is 2.55. The molecule has 7 heteroatoms. The maximum atomic E-state index is 13.6. The molecule has 1 saturated heterocycles. The Hall–Kier alpha value is -3.87. The van der Waals surface area contributed by atoms with E-state index in [1.54, 1.807) is 44.4 Å². The summed E-state index contributed by atoms with van der Waals surface area (Å²) >= 11 is 0. The number of amides is 3. The zero-order valence-corrected chi connectivity index (χ0v) is 22.8. The van der Waals surface area contributed by atoms with Gasteiger partial charge in [-0.3, -0.25) is 24.1 Å². The molecule has 0 N–H and O–H groups in total. The number of carbonyl (C=O) groups is 5. The second-order valence-electron chi connectivity index (χ2n) is 9.78. The van der Waals surface area contributed by atoms with Crippen LogP contribution in [0.2, 0.25) is 0 Å². The lowest BCUT2D eigenvalue weighted by molar-refractivity contribution is -0.137. The second-order valence-corrected chi connectivity index (χ2v) is 9.78. The predicted octanol–water partition coefficient (Wildman–Crippen LogP) is 4.71. The van der Waals surface area contributed by atoms with Gasteiger partial charge >= 0.3 is 0 Å². The van der Waals surface area contributed by atoms with Crippen LogP contribution in [0.5, 0.6) is 0 Å². The van der Waals surface area contributed by atoms with Crippen molar-refractivity contribution in [3.05, 3.63) is 85.3 Å². The molecule has 0 saturated carbocycles. The number of allylic oxidation sites excluding steroid dienone is 9. The van der Waals surface area contributed by atoms with Crippen molar-refractivity contribution in [2.45, 2.75) is 40.0 Å². The zero-order chi connectivity index (χ0) is 28.6. The lowest BCUT2D eigenvalue weighted by atomic mass is 9.67. The summed E-state index contributed by atoms with van der Waals surface area (Å²) in [5.41, 5.74) is 1.88. The Balaban J connectivity index is 2.22. The zero-order valence-electron chi connectivity index (χ0n) is 22.8. The van der Waals surface area contributed by atoms with E-state index >= 15 is 0 Å². The van der Waals surface area contributed by atoms with Crippen LogP contribution in [0.1, 0.15) is 40.0 Å². The number of hydrogen-bond donors (Lipinski definition) is 0. The Morgan fingerprint density at radius 3 is 2.32 bits per heavy atom. The molecule has 1 heterocycles. The molecule has 3 amide bonds. The normalized spacial score (nSPS) is 24.5. The average Bonchev–Trinajstić information content (AvgIpc) is 3.15. The van der Waals surface area contributed by atoms with Gasteiger partial charge in [0.2, 0.25) is 17.7 Å². The Labute approximate surface area is 225 Å². The van der Waals surface area contributed by atoms with E-state index in [1.807, 2.05) is 19.9 Å². The van der Waals surface area contributed by atoms with E-state index < -0.39 is 23.7 Å². The Kier molecular flexibility index (Phi) is 10.9. The van der Waals surface area contributed by atoms with E-state index in [4.69, 9.17) is 0 Å². The van der Waals surface area contributed by atoms with Crippen LogP contribution in [0.3, 0.4) is 0 Å². The van der Waals surface area contributed by atoms with Crippen LogP contribution in [-0.4, -0.2) is 46.6 Å². The molecule has 0 aromatic heterocycles. The lowest BCUT2D eigenvalue weighted by Gasteiger charge is -2.33. The molecule has 2 rings (SSSR count). The summed E-state index contributed by atoms with van der Waals surface area (Å²) in [6, 6.07) is 0. The first-order valence-corrected chi connectivity index (χ1v) is 12.8. The molecule has 1 fully saturated rings. The van der Waals surface area contributed by atoms with Crippen molar-refractivity contribution in [2.75, 3.05) is 7.05 Å². The molecule has 5 unspecified atom stereocenters. The number of hydrogen-bond acceptors (Lipinski definition) is 5. The number of aldehydes is 1. The third-order valence-electron chi connectivity index (χ3n) is 7.29. The first-order valence-electron chi connectivity index (χ1n) is 12.8. The summed E-state index contributed by atoms with van der Waals surface area (Å²) in [7, 11) is 1.57. The maximum absolute atomic E-state index is 13.6. The largest absolute Gasteiger partial charge is 0.316 e. The van der Waals surface area contributed by atoms with Gasteiger partial charge in [-0.25, -0.2) is 0 Å². The molecule has 1 aliphatic carbocycles. The third kappa shape index (κ3) is 6.52. The fourth-order valence-electron chi connectivity index (χ4n) is 5.35. The van der Waals surface area contributed by atoms with Gasteiger partial charge in [-0.05, 0) is 43.9 Å². The van der Waals surface area contributed by atoms with Crippen LogP contribution in [-0.2, 0) is 24.0 Å². The quantitative estimate of drug-likeness (QED) is 0.152. The fraction of sp³-hybridized carbons (Fsp3) is 0.387. The second kappa shape index (κ2) is 13.6. The van der Waals surface area contributed by atoms with E-state index in [2.05, 4.69) is 19.7 Å². The Morgan fingerprint density at radius 1 is 1.11 bits per heavy atom. The molecule has 0 bridgehead atoms. The Bertz CT molecular complexity index is 1140. The molecule has 1 aliphatic heterocycles. The number of carbonyl (C=O) groups excluding carboxylic acids is 5. The van der Waals surface area contributed by atoms with E-state index in [9.17, 15) is 24.0 Å². The number of fused-ring (bicyclic) bond motifs is 1. The van der Waals surface area contributed by atoms with E-state index in [1.165, 1.54) is 22.0 Å². The standard InChI is InChI=1S/C31H38N2O5/c1-8-12-14-24(11-4)33-30(37)28-21(6)15-20(5)26(29(28)31(33)38)18-25(35)16-22(19-34)17-27(36)32(7)23(10-3)13-9-2/h8-15,19,21-22,26,28-29H,1-3,16-18H2,4-7H3/b14-12-,23-13+,24-11+. The van der Waals surface area contributed by atoms with Crippen LogP contribution in [0.15, 0.2) is 85.3 Å². The minimum atomic E-state index is -0.800. The average molecular weight is 519 g/mol. The number of rotatable bonds is 13. The first-order chi connectivity index (χ1) is 18.1. The SMILES string of the molecule is C=C/C=C\C(=C/C)N1C(=O)C2C(C)C=C(C)C(CC(=O)CC(C=O)CC(=O)N(C)/C(C=C)=C/C=C)C2C1=O. The van der Waals surface area contributed by atoms with E-state index in [0.29, 0.717) is 17.7 Å². The number of imide groups is 1. The predicted molar refractivity (Wildman–Crippen MR) is 148 cm³/mol. The molecule has 2 aliphatic rings. The van der Waals surface area contributed by atoms with Gasteiger partial charge in [-0.15, -0.1) is 0 Å². The molecule has 38 heavy (non-hydrogen) atoms. The molecule has 202 valence electrons. The van der Waals surface area contributed by atoms with E-state index in [0.717, 1.165) is 5.57 Å². The van der Waals surface area contributed by atoms with Gasteiger partial charge in [0.25, 0.3) is 0 Å². The van der Waals surface area contributed by atoms with Crippen molar-refractivity contribution in [3.63, 3.8) is 0 Å². The van der Waals surface area contributed by atoms with Gasteiger partial charge < -0.3 is 9.69 Å².